The van der Waals surface area contributed by atoms with Crippen LogP contribution >= 0.6 is 0 Å². The van der Waals surface area contributed by atoms with Crippen LogP contribution in [-0.4, -0.2) is 31.3 Å². The van der Waals surface area contributed by atoms with Crippen LogP contribution in [0.15, 0.2) is 0 Å². The number of nitrogens with two attached hydrogens (primary N) is 1. The first kappa shape index (κ1) is 12.4. The van der Waals surface area contributed by atoms with Gasteiger partial charge in [0.05, 0.1) is 20.2 Å². The maximum Gasteiger partial charge on any atom is 0.0988 e. The number of quaternary nitrogens is 1. The highest BCUT2D eigenvalue weighted by Crippen LogP contribution is 2.23. The Morgan fingerprint density at radius 3 is 2.23 bits per heavy atom. The second kappa shape index (κ2) is 8.01. The van der Waals surface area contributed by atoms with E-state index in [1.54, 1.807) is 0 Å². The van der Waals surface area contributed by atoms with E-state index >= 15 is 0 Å². The number of rotatable bonds is 3. The van der Waals surface area contributed by atoms with Gasteiger partial charge >= 0.3 is 0 Å². The first-order valence-electron chi connectivity index (χ1n) is 4.82. The third-order valence-electron chi connectivity index (χ3n) is 2.11. The van der Waals surface area contributed by atoms with Gasteiger partial charge in [0.1, 0.15) is 0 Å². The molecule has 0 radical (unpaired) electrons. The molecule has 0 unspecified atom stereocenters. The average molecular weight is 189 g/mol. The molecule has 0 saturated heterocycles. The van der Waals surface area contributed by atoms with E-state index in [4.69, 9.17) is 5.11 Å². The lowest BCUT2D eigenvalue weighted by Gasteiger charge is -2.07. The van der Waals surface area contributed by atoms with Crippen molar-refractivity contribution >= 4 is 5.97 Å². The van der Waals surface area contributed by atoms with Crippen molar-refractivity contribution in [2.24, 2.45) is 5.92 Å². The fourth-order valence-corrected chi connectivity index (χ4v) is 1.29. The highest BCUT2D eigenvalue weighted by atomic mass is 16.4. The van der Waals surface area contributed by atoms with E-state index in [-0.39, 0.29) is 12.5 Å². The van der Waals surface area contributed by atoms with Gasteiger partial charge in [0, 0.05) is 5.97 Å². The van der Waals surface area contributed by atoms with Crippen LogP contribution < -0.4 is 10.4 Å². The molecule has 1 aliphatic carbocycles. The predicted octanol–water partition coefficient (Wildman–Crippen LogP) is -1.90. The number of carboxylic acids is 1. The lowest BCUT2D eigenvalue weighted by atomic mass is 10.1. The Kier molecular flexibility index (Phi) is 7.63. The van der Waals surface area contributed by atoms with Crippen molar-refractivity contribution in [3.63, 3.8) is 0 Å². The van der Waals surface area contributed by atoms with Crippen LogP contribution in [0.2, 0.25) is 0 Å². The molecule has 0 aromatic rings. The van der Waals surface area contributed by atoms with Gasteiger partial charge in [0.25, 0.3) is 0 Å². The summed E-state index contributed by atoms with van der Waals surface area (Å²) >= 11 is 0. The molecule has 0 spiro atoms. The van der Waals surface area contributed by atoms with Gasteiger partial charge < -0.3 is 20.3 Å². The summed E-state index contributed by atoms with van der Waals surface area (Å²) in [7, 11) is 1.93. The highest BCUT2D eigenvalue weighted by molar-refractivity contribution is 5.67. The van der Waals surface area contributed by atoms with Crippen LogP contribution in [0, 0.1) is 5.92 Å². The predicted molar refractivity (Wildman–Crippen MR) is 46.8 cm³/mol. The van der Waals surface area contributed by atoms with Crippen molar-refractivity contribution < 1.29 is 20.3 Å². The first-order chi connectivity index (χ1) is 6.22. The number of aliphatic hydroxyl groups is 1. The Morgan fingerprint density at radius 1 is 1.54 bits per heavy atom. The fourth-order valence-electron chi connectivity index (χ4n) is 1.29. The SMILES string of the molecule is C[NH2+]CCO.O=C([O-])C1CCCC1. The van der Waals surface area contributed by atoms with Crippen molar-refractivity contribution in [2.45, 2.75) is 25.7 Å². The number of carboxylic acid groups (broad SMARTS) is 1. The Labute approximate surface area is 79.0 Å². The van der Waals surface area contributed by atoms with Gasteiger partial charge in [-0.15, -0.1) is 0 Å². The van der Waals surface area contributed by atoms with Crippen molar-refractivity contribution in [2.75, 3.05) is 20.2 Å². The minimum atomic E-state index is -0.859. The normalized spacial score (nSPS) is 16.5. The number of carbonyl (C=O) groups excluding carboxylic acids is 1. The minimum Gasteiger partial charge on any atom is -0.550 e. The number of carbonyl (C=O) groups is 1. The molecular formula is C9H19NO3. The summed E-state index contributed by atoms with van der Waals surface area (Å²) in [5, 5.41) is 20.1. The molecule has 0 heterocycles. The Morgan fingerprint density at radius 2 is 2.08 bits per heavy atom. The molecule has 1 rings (SSSR count). The maximum atomic E-state index is 10.1. The average Bonchev–Trinajstić information content (AvgIpc) is 2.58. The Hall–Kier alpha value is -0.610. The molecule has 13 heavy (non-hydrogen) atoms. The van der Waals surface area contributed by atoms with Crippen molar-refractivity contribution in [1.29, 1.82) is 0 Å². The van der Waals surface area contributed by atoms with E-state index in [0.29, 0.717) is 0 Å². The number of hydrogen-bond donors (Lipinski definition) is 2. The number of hydrogen-bond acceptors (Lipinski definition) is 3. The standard InChI is InChI=1S/C6H10O2.C3H9NO/c7-6(8)5-3-1-2-4-5;1-4-2-3-5/h5H,1-4H2,(H,7,8);4-5H,2-3H2,1H3. The van der Waals surface area contributed by atoms with Crippen LogP contribution in [0.3, 0.4) is 0 Å². The topological polar surface area (TPSA) is 77.0 Å². The molecule has 78 valence electrons. The van der Waals surface area contributed by atoms with E-state index in [2.05, 4.69) is 0 Å². The van der Waals surface area contributed by atoms with Gasteiger partial charge in [-0.05, 0) is 18.8 Å². The van der Waals surface area contributed by atoms with E-state index < -0.39 is 5.97 Å². The van der Waals surface area contributed by atoms with Gasteiger partial charge in [0.2, 0.25) is 0 Å². The molecule has 1 fully saturated rings. The van der Waals surface area contributed by atoms with E-state index in [1.807, 2.05) is 12.4 Å². The molecule has 1 saturated carbocycles. The third kappa shape index (κ3) is 6.54. The minimum absolute atomic E-state index is 0.130. The largest absolute Gasteiger partial charge is 0.550 e. The zero-order valence-corrected chi connectivity index (χ0v) is 8.16. The first-order valence-corrected chi connectivity index (χ1v) is 4.82. The molecule has 3 N–H and O–H groups in total. The molecule has 0 amide bonds. The second-order valence-corrected chi connectivity index (χ2v) is 3.22. The zero-order chi connectivity index (χ0) is 10.1. The molecular weight excluding hydrogens is 170 g/mol. The van der Waals surface area contributed by atoms with Crippen LogP contribution in [0.5, 0.6) is 0 Å². The van der Waals surface area contributed by atoms with Crippen molar-refractivity contribution in [1.82, 2.24) is 0 Å². The van der Waals surface area contributed by atoms with Gasteiger partial charge in [0.15, 0.2) is 0 Å². The summed E-state index contributed by atoms with van der Waals surface area (Å²) in [5.41, 5.74) is 0. The molecule has 4 heteroatoms. The van der Waals surface area contributed by atoms with E-state index in [1.165, 1.54) is 0 Å². The highest BCUT2D eigenvalue weighted by Gasteiger charge is 2.14. The van der Waals surface area contributed by atoms with Crippen LogP contribution in [0.25, 0.3) is 0 Å². The quantitative estimate of drug-likeness (QED) is 0.544. The number of aliphatic hydroxyl groups excluding tert-OH is 1. The Bertz CT molecular complexity index is 131. The molecule has 0 aromatic carbocycles. The molecule has 0 aromatic heterocycles. The van der Waals surface area contributed by atoms with Crippen molar-refractivity contribution in [3.05, 3.63) is 0 Å². The van der Waals surface area contributed by atoms with Gasteiger partial charge in [-0.3, -0.25) is 0 Å². The number of likely N-dealkylation sites (N-methyl/N-ethyl adjacent to an activating group) is 1. The molecule has 0 bridgehead atoms. The summed E-state index contributed by atoms with van der Waals surface area (Å²) in [6.07, 6.45) is 3.81. The smallest absolute Gasteiger partial charge is 0.0988 e. The summed E-state index contributed by atoms with van der Waals surface area (Å²) in [6, 6.07) is 0. The lowest BCUT2D eigenvalue weighted by Crippen LogP contribution is -2.80. The summed E-state index contributed by atoms with van der Waals surface area (Å²) in [6.45, 7) is 1.11. The van der Waals surface area contributed by atoms with E-state index in [0.717, 1.165) is 32.2 Å². The molecule has 0 atom stereocenters. The molecule has 0 aliphatic heterocycles. The van der Waals surface area contributed by atoms with Gasteiger partial charge in [-0.1, -0.05) is 12.8 Å². The third-order valence-corrected chi connectivity index (χ3v) is 2.11. The summed E-state index contributed by atoms with van der Waals surface area (Å²) < 4.78 is 0. The van der Waals surface area contributed by atoms with Crippen LogP contribution in [0.1, 0.15) is 25.7 Å². The van der Waals surface area contributed by atoms with Crippen molar-refractivity contribution in [3.8, 4) is 0 Å². The van der Waals surface area contributed by atoms with Gasteiger partial charge in [-0.25, -0.2) is 0 Å². The lowest BCUT2D eigenvalue weighted by molar-refractivity contribution is -0.628. The fraction of sp³-hybridized carbons (Fsp3) is 0.889. The number of aliphatic carboxylic acids is 1. The van der Waals surface area contributed by atoms with Gasteiger partial charge in [-0.2, -0.15) is 0 Å². The Balaban J connectivity index is 0.000000252. The summed E-state index contributed by atoms with van der Waals surface area (Å²) in [5.74, 6) is -0.988. The monoisotopic (exact) mass is 189 g/mol. The maximum absolute atomic E-state index is 10.1. The van der Waals surface area contributed by atoms with E-state index in [9.17, 15) is 9.90 Å². The van der Waals surface area contributed by atoms with Crippen LogP contribution in [0.4, 0.5) is 0 Å². The van der Waals surface area contributed by atoms with Crippen LogP contribution in [-0.2, 0) is 4.79 Å². The second-order valence-electron chi connectivity index (χ2n) is 3.22. The zero-order valence-electron chi connectivity index (χ0n) is 8.16. The molecule has 4 nitrogen and oxygen atoms in total. The summed E-state index contributed by atoms with van der Waals surface area (Å²) in [4.78, 5) is 10.1. The molecule has 1 aliphatic rings.